The fraction of sp³-hybridized carbons (Fsp3) is 0.316. The molecular formula is C19H21Cl3N5O2S-. The molecule has 0 bridgehead atoms. The molecular weight excluding hydrogens is 469 g/mol. The van der Waals surface area contributed by atoms with Crippen LogP contribution in [0.3, 0.4) is 0 Å². The van der Waals surface area contributed by atoms with E-state index in [9.17, 15) is 0 Å². The van der Waals surface area contributed by atoms with E-state index in [2.05, 4.69) is 20.8 Å². The maximum Gasteiger partial charge on any atom is 0.209 e. The Morgan fingerprint density at radius 1 is 1.13 bits per heavy atom. The third-order valence-electron chi connectivity index (χ3n) is 4.01. The summed E-state index contributed by atoms with van der Waals surface area (Å²) in [6.07, 6.45) is 0. The van der Waals surface area contributed by atoms with Crippen molar-refractivity contribution in [1.82, 2.24) is 25.5 Å². The van der Waals surface area contributed by atoms with Crippen LogP contribution >= 0.6 is 35.0 Å². The van der Waals surface area contributed by atoms with Gasteiger partial charge in [0.25, 0.3) is 0 Å². The van der Waals surface area contributed by atoms with Crippen LogP contribution in [0.25, 0.3) is 0 Å². The monoisotopic (exact) mass is 488 g/mol. The molecule has 1 N–H and O–H groups in total. The van der Waals surface area contributed by atoms with Crippen molar-refractivity contribution in [2.75, 3.05) is 19.4 Å². The highest BCUT2D eigenvalue weighted by molar-refractivity contribution is 7.99. The van der Waals surface area contributed by atoms with Crippen LogP contribution in [0.5, 0.6) is 11.5 Å². The fourth-order valence-corrected chi connectivity index (χ4v) is 3.70. The van der Waals surface area contributed by atoms with Crippen molar-refractivity contribution in [2.45, 2.75) is 18.3 Å². The van der Waals surface area contributed by atoms with E-state index in [1.165, 1.54) is 0 Å². The minimum atomic E-state index is 0. The first-order valence-corrected chi connectivity index (χ1v) is 10.6. The number of thioether (sulfide) groups is 1. The normalized spacial score (nSPS) is 10.5. The van der Waals surface area contributed by atoms with E-state index in [-0.39, 0.29) is 12.4 Å². The van der Waals surface area contributed by atoms with Crippen molar-refractivity contribution in [3.8, 4) is 11.5 Å². The summed E-state index contributed by atoms with van der Waals surface area (Å²) < 4.78 is 13.0. The molecule has 0 saturated heterocycles. The Morgan fingerprint density at radius 3 is 2.57 bits per heavy atom. The largest absolute Gasteiger partial charge is 1.00 e. The molecule has 0 spiro atoms. The molecule has 1 heterocycles. The number of hydrogen-bond acceptors (Lipinski definition) is 7. The lowest BCUT2D eigenvalue weighted by Gasteiger charge is -2.15. The molecule has 7 nitrogen and oxygen atoms in total. The fourth-order valence-electron chi connectivity index (χ4n) is 2.54. The van der Waals surface area contributed by atoms with Crippen LogP contribution in [-0.4, -0.2) is 39.6 Å². The van der Waals surface area contributed by atoms with Crippen molar-refractivity contribution in [3.05, 3.63) is 57.6 Å². The van der Waals surface area contributed by atoms with Crippen molar-refractivity contribution in [3.63, 3.8) is 0 Å². The second-order valence-electron chi connectivity index (χ2n) is 6.13. The Balaban J connectivity index is 0.00000320. The second-order valence-corrected chi connectivity index (χ2v) is 8.04. The number of ether oxygens (including phenoxy) is 2. The summed E-state index contributed by atoms with van der Waals surface area (Å²) in [5.74, 6) is 1.97. The quantitative estimate of drug-likeness (QED) is 0.336. The van der Waals surface area contributed by atoms with Crippen LogP contribution in [0.4, 0.5) is 0 Å². The van der Waals surface area contributed by atoms with Crippen LogP contribution in [0.15, 0.2) is 41.6 Å². The number of nitrogens with zero attached hydrogens (tertiary/aromatic N) is 4. The summed E-state index contributed by atoms with van der Waals surface area (Å²) in [4.78, 5) is 0. The van der Waals surface area contributed by atoms with Crippen LogP contribution in [-0.2, 0) is 20.2 Å². The van der Waals surface area contributed by atoms with Gasteiger partial charge in [-0.05, 0) is 45.8 Å². The summed E-state index contributed by atoms with van der Waals surface area (Å²) >= 11 is 14.0. The summed E-state index contributed by atoms with van der Waals surface area (Å²) in [5.41, 5.74) is 2.00. The first kappa shape index (κ1) is 24.6. The molecule has 3 aromatic rings. The minimum Gasteiger partial charge on any atom is -1.00 e. The molecule has 0 saturated carbocycles. The van der Waals surface area contributed by atoms with E-state index in [1.807, 2.05) is 43.4 Å². The van der Waals surface area contributed by atoms with Crippen molar-refractivity contribution in [1.29, 1.82) is 0 Å². The lowest BCUT2D eigenvalue weighted by Crippen LogP contribution is -3.00. The predicted molar refractivity (Wildman–Crippen MR) is 115 cm³/mol. The van der Waals surface area contributed by atoms with Gasteiger partial charge in [0.15, 0.2) is 11.5 Å². The SMILES string of the molecule is COc1cc(CNCCSc2nnnn2C)cc(Cl)c1OCc1ccc(Cl)cc1.[Cl-]. The van der Waals surface area contributed by atoms with Crippen LogP contribution in [0.1, 0.15) is 11.1 Å². The van der Waals surface area contributed by atoms with Gasteiger partial charge in [-0.3, -0.25) is 0 Å². The highest BCUT2D eigenvalue weighted by Crippen LogP contribution is 2.37. The van der Waals surface area contributed by atoms with Gasteiger partial charge in [0, 0.05) is 30.9 Å². The predicted octanol–water partition coefficient (Wildman–Crippen LogP) is 0.990. The van der Waals surface area contributed by atoms with E-state index >= 15 is 0 Å². The molecule has 0 aliphatic heterocycles. The van der Waals surface area contributed by atoms with E-state index < -0.39 is 0 Å². The van der Waals surface area contributed by atoms with Gasteiger partial charge in [-0.25, -0.2) is 4.68 Å². The van der Waals surface area contributed by atoms with Crippen LogP contribution in [0, 0.1) is 0 Å². The average molecular weight is 490 g/mol. The third kappa shape index (κ3) is 6.92. The molecule has 11 heteroatoms. The van der Waals surface area contributed by atoms with Crippen molar-refractivity contribution < 1.29 is 21.9 Å². The topological polar surface area (TPSA) is 74.1 Å². The van der Waals surface area contributed by atoms with E-state index in [0.29, 0.717) is 34.7 Å². The molecule has 0 radical (unpaired) electrons. The van der Waals surface area contributed by atoms with Crippen LogP contribution < -0.4 is 27.2 Å². The molecule has 0 unspecified atom stereocenters. The summed E-state index contributed by atoms with van der Waals surface area (Å²) in [5, 5.41) is 16.7. The highest BCUT2D eigenvalue weighted by atomic mass is 35.5. The maximum atomic E-state index is 6.45. The Kier molecular flexibility index (Phi) is 10.0. The zero-order valence-electron chi connectivity index (χ0n) is 16.4. The van der Waals surface area contributed by atoms with E-state index in [1.54, 1.807) is 23.6 Å². The molecule has 2 aromatic carbocycles. The molecule has 0 aliphatic carbocycles. The lowest BCUT2D eigenvalue weighted by atomic mass is 10.2. The number of nitrogens with one attached hydrogen (secondary N) is 1. The molecule has 0 atom stereocenters. The molecule has 0 amide bonds. The Labute approximate surface area is 195 Å². The average Bonchev–Trinajstić information content (AvgIpc) is 3.12. The molecule has 1 aromatic heterocycles. The second kappa shape index (κ2) is 12.2. The maximum absolute atomic E-state index is 6.45. The van der Waals surface area contributed by atoms with Gasteiger partial charge in [-0.2, -0.15) is 0 Å². The zero-order chi connectivity index (χ0) is 20.6. The Morgan fingerprint density at radius 2 is 1.90 bits per heavy atom. The smallest absolute Gasteiger partial charge is 0.209 e. The van der Waals surface area contributed by atoms with E-state index in [4.69, 9.17) is 32.7 Å². The first-order valence-electron chi connectivity index (χ1n) is 8.86. The highest BCUT2D eigenvalue weighted by Gasteiger charge is 2.12. The summed E-state index contributed by atoms with van der Waals surface area (Å²) in [6.45, 7) is 1.83. The molecule has 0 fully saturated rings. The third-order valence-corrected chi connectivity index (χ3v) is 5.55. The van der Waals surface area contributed by atoms with Gasteiger partial charge in [0.2, 0.25) is 5.16 Å². The number of halogens is 3. The summed E-state index contributed by atoms with van der Waals surface area (Å²) in [7, 11) is 3.42. The number of hydrogen-bond donors (Lipinski definition) is 1. The van der Waals surface area contributed by atoms with Crippen molar-refractivity contribution in [2.24, 2.45) is 7.05 Å². The molecule has 162 valence electrons. The van der Waals surface area contributed by atoms with E-state index in [0.717, 1.165) is 28.6 Å². The number of rotatable bonds is 10. The lowest BCUT2D eigenvalue weighted by molar-refractivity contribution is -0.00000648. The van der Waals surface area contributed by atoms with Gasteiger partial charge in [-0.15, -0.1) is 5.10 Å². The van der Waals surface area contributed by atoms with Gasteiger partial charge in [0.1, 0.15) is 6.61 Å². The number of tetrazole rings is 1. The minimum absolute atomic E-state index is 0. The van der Waals surface area contributed by atoms with Gasteiger partial charge >= 0.3 is 0 Å². The Bertz CT molecular complexity index is 940. The number of benzene rings is 2. The molecule has 0 aliphatic rings. The number of aryl methyl sites for hydroxylation is 1. The Hall–Kier alpha value is -1.71. The molecule has 3 rings (SSSR count). The molecule has 30 heavy (non-hydrogen) atoms. The number of aromatic nitrogens is 4. The number of methoxy groups -OCH3 is 1. The van der Waals surface area contributed by atoms with Gasteiger partial charge in [0.05, 0.1) is 12.1 Å². The first-order chi connectivity index (χ1) is 14.1. The van der Waals surface area contributed by atoms with Crippen molar-refractivity contribution >= 4 is 35.0 Å². The van der Waals surface area contributed by atoms with Crippen LogP contribution in [0.2, 0.25) is 10.0 Å². The van der Waals surface area contributed by atoms with Gasteiger partial charge < -0.3 is 27.2 Å². The summed E-state index contributed by atoms with van der Waals surface area (Å²) in [6, 6.07) is 11.3. The van der Waals surface area contributed by atoms with Gasteiger partial charge in [-0.1, -0.05) is 47.1 Å². The zero-order valence-corrected chi connectivity index (χ0v) is 19.5. The standard InChI is InChI=1S/C19H21Cl2N5O2S.ClH/c1-26-19(23-24-25-26)29-8-7-22-11-14-9-16(21)18(17(10-14)27-2)28-12-13-3-5-15(20)6-4-13;/h3-6,9-10,22H,7-8,11-12H2,1-2H3;1H/p-1.